The molecular formula is C17H32. The van der Waals surface area contributed by atoms with Gasteiger partial charge in [-0.2, -0.15) is 0 Å². The van der Waals surface area contributed by atoms with Crippen LogP contribution < -0.4 is 0 Å². The fourth-order valence-electron chi connectivity index (χ4n) is 5.01. The second-order valence-corrected chi connectivity index (χ2v) is 8.94. The summed E-state index contributed by atoms with van der Waals surface area (Å²) in [5, 5.41) is 0. The number of rotatable bonds is 0. The predicted octanol–water partition coefficient (Wildman–Crippen LogP) is 5.81. The first-order valence-electron chi connectivity index (χ1n) is 7.62. The van der Waals surface area contributed by atoms with Crippen molar-refractivity contribution in [3.63, 3.8) is 0 Å². The predicted molar refractivity (Wildman–Crippen MR) is 76.1 cm³/mol. The first-order chi connectivity index (χ1) is 7.62. The van der Waals surface area contributed by atoms with Gasteiger partial charge >= 0.3 is 0 Å². The van der Waals surface area contributed by atoms with Crippen LogP contribution >= 0.6 is 0 Å². The van der Waals surface area contributed by atoms with Crippen LogP contribution in [0.5, 0.6) is 0 Å². The Morgan fingerprint density at radius 2 is 1.00 bits per heavy atom. The van der Waals surface area contributed by atoms with Crippen LogP contribution in [0.1, 0.15) is 86.5 Å². The van der Waals surface area contributed by atoms with E-state index < -0.39 is 0 Å². The third-order valence-electron chi connectivity index (χ3n) is 6.45. The summed E-state index contributed by atoms with van der Waals surface area (Å²) in [7, 11) is 0. The second kappa shape index (κ2) is 3.75. The molecule has 0 unspecified atom stereocenters. The Labute approximate surface area is 109 Å². The van der Waals surface area contributed by atoms with E-state index >= 15 is 0 Å². The van der Waals surface area contributed by atoms with Gasteiger partial charge in [0.05, 0.1) is 0 Å². The normalized spacial score (nSPS) is 27.9. The zero-order chi connectivity index (χ0) is 12.9. The molecule has 0 aromatic heterocycles. The fraction of sp³-hybridized carbons (Fsp3) is 1.00. The van der Waals surface area contributed by atoms with Gasteiger partial charge < -0.3 is 0 Å². The van der Waals surface area contributed by atoms with Crippen molar-refractivity contribution in [3.05, 3.63) is 0 Å². The van der Waals surface area contributed by atoms with Crippen molar-refractivity contribution in [2.75, 3.05) is 0 Å². The Hall–Kier alpha value is 0. The third-order valence-corrected chi connectivity index (χ3v) is 6.45. The van der Waals surface area contributed by atoms with Crippen LogP contribution in [0.4, 0.5) is 0 Å². The summed E-state index contributed by atoms with van der Waals surface area (Å²) in [5.74, 6) is 0. The van der Waals surface area contributed by atoms with Crippen molar-refractivity contribution in [2.45, 2.75) is 86.5 Å². The van der Waals surface area contributed by atoms with Crippen molar-refractivity contribution < 1.29 is 0 Å². The SMILES string of the molecule is CC(C)(C)C1(C(C)(C)C)CCC2(CCC2)CC1. The van der Waals surface area contributed by atoms with Gasteiger partial charge in [-0.3, -0.25) is 0 Å². The molecular weight excluding hydrogens is 204 g/mol. The van der Waals surface area contributed by atoms with E-state index in [-0.39, 0.29) is 0 Å². The van der Waals surface area contributed by atoms with Crippen LogP contribution in [0.2, 0.25) is 0 Å². The molecule has 0 heteroatoms. The Balaban J connectivity index is 2.21. The number of hydrogen-bond acceptors (Lipinski definition) is 0. The lowest BCUT2D eigenvalue weighted by Gasteiger charge is -2.61. The third kappa shape index (κ3) is 1.96. The summed E-state index contributed by atoms with van der Waals surface area (Å²) in [4.78, 5) is 0. The molecule has 2 saturated carbocycles. The molecule has 0 heterocycles. The highest BCUT2D eigenvalue weighted by Crippen LogP contribution is 2.65. The standard InChI is InChI=1S/C17H32/c1-14(2,3)17(15(4,5)6)12-10-16(11-13-17)8-7-9-16/h7-13H2,1-6H3. The monoisotopic (exact) mass is 236 g/mol. The summed E-state index contributed by atoms with van der Waals surface area (Å²) in [6.07, 6.45) is 10.5. The minimum Gasteiger partial charge on any atom is -0.0596 e. The Morgan fingerprint density at radius 1 is 0.588 bits per heavy atom. The minimum absolute atomic E-state index is 0.441. The maximum atomic E-state index is 2.47. The van der Waals surface area contributed by atoms with Gasteiger partial charge in [0.25, 0.3) is 0 Å². The van der Waals surface area contributed by atoms with Gasteiger partial charge in [0.1, 0.15) is 0 Å². The van der Waals surface area contributed by atoms with Gasteiger partial charge in [-0.25, -0.2) is 0 Å². The first kappa shape index (κ1) is 13.4. The van der Waals surface area contributed by atoms with Gasteiger partial charge in [-0.15, -0.1) is 0 Å². The molecule has 0 nitrogen and oxygen atoms in total. The topological polar surface area (TPSA) is 0 Å². The van der Waals surface area contributed by atoms with Crippen molar-refractivity contribution in [1.82, 2.24) is 0 Å². The van der Waals surface area contributed by atoms with Crippen LogP contribution in [0, 0.1) is 21.7 Å². The van der Waals surface area contributed by atoms with Gasteiger partial charge in [0.15, 0.2) is 0 Å². The van der Waals surface area contributed by atoms with E-state index in [1.54, 1.807) is 0 Å². The van der Waals surface area contributed by atoms with E-state index in [2.05, 4.69) is 41.5 Å². The molecule has 2 aliphatic rings. The van der Waals surface area contributed by atoms with E-state index in [4.69, 9.17) is 0 Å². The lowest BCUT2D eigenvalue weighted by molar-refractivity contribution is -0.107. The largest absolute Gasteiger partial charge is 0.0596 e. The molecule has 0 bridgehead atoms. The van der Waals surface area contributed by atoms with Crippen molar-refractivity contribution >= 4 is 0 Å². The van der Waals surface area contributed by atoms with E-state index in [0.717, 1.165) is 5.41 Å². The van der Waals surface area contributed by atoms with Gasteiger partial charge in [-0.05, 0) is 60.2 Å². The molecule has 0 aliphatic heterocycles. The zero-order valence-corrected chi connectivity index (χ0v) is 12.9. The first-order valence-corrected chi connectivity index (χ1v) is 7.62. The van der Waals surface area contributed by atoms with Crippen LogP contribution in [0.25, 0.3) is 0 Å². The highest BCUT2D eigenvalue weighted by molar-refractivity contribution is 5.05. The average molecular weight is 236 g/mol. The fourth-order valence-corrected chi connectivity index (χ4v) is 5.01. The average Bonchev–Trinajstić information content (AvgIpc) is 2.12. The molecule has 0 N–H and O–H groups in total. The molecule has 0 aromatic rings. The molecule has 2 fully saturated rings. The van der Waals surface area contributed by atoms with Crippen LogP contribution in [-0.4, -0.2) is 0 Å². The lowest BCUT2D eigenvalue weighted by atomic mass is 9.44. The molecule has 2 aliphatic carbocycles. The molecule has 100 valence electrons. The summed E-state index contributed by atoms with van der Waals surface area (Å²) in [5.41, 5.74) is 2.22. The van der Waals surface area contributed by atoms with E-state index in [1.807, 2.05) is 0 Å². The van der Waals surface area contributed by atoms with Crippen LogP contribution in [0.15, 0.2) is 0 Å². The molecule has 0 atom stereocenters. The van der Waals surface area contributed by atoms with E-state index in [0.29, 0.717) is 16.2 Å². The summed E-state index contributed by atoms with van der Waals surface area (Å²) in [6, 6.07) is 0. The van der Waals surface area contributed by atoms with Crippen LogP contribution in [-0.2, 0) is 0 Å². The van der Waals surface area contributed by atoms with E-state index in [9.17, 15) is 0 Å². The lowest BCUT2D eigenvalue weighted by Crippen LogP contribution is -2.51. The molecule has 0 amide bonds. The Bertz CT molecular complexity index is 254. The molecule has 0 aromatic carbocycles. The smallest absolute Gasteiger partial charge is 0.0200 e. The minimum atomic E-state index is 0.441. The second-order valence-electron chi connectivity index (χ2n) is 8.94. The van der Waals surface area contributed by atoms with Crippen molar-refractivity contribution in [3.8, 4) is 0 Å². The molecule has 1 spiro atoms. The van der Waals surface area contributed by atoms with Gasteiger partial charge in [-0.1, -0.05) is 48.0 Å². The Kier molecular flexibility index (Phi) is 2.96. The molecule has 17 heavy (non-hydrogen) atoms. The van der Waals surface area contributed by atoms with E-state index in [1.165, 1.54) is 44.9 Å². The molecule has 0 saturated heterocycles. The highest BCUT2D eigenvalue weighted by atomic mass is 14.6. The maximum absolute atomic E-state index is 2.47. The molecule has 2 rings (SSSR count). The number of hydrogen-bond donors (Lipinski definition) is 0. The zero-order valence-electron chi connectivity index (χ0n) is 12.9. The highest BCUT2D eigenvalue weighted by Gasteiger charge is 2.55. The summed E-state index contributed by atoms with van der Waals surface area (Å²) in [6.45, 7) is 14.8. The Morgan fingerprint density at radius 3 is 1.24 bits per heavy atom. The van der Waals surface area contributed by atoms with Gasteiger partial charge in [0.2, 0.25) is 0 Å². The maximum Gasteiger partial charge on any atom is -0.0200 e. The van der Waals surface area contributed by atoms with Gasteiger partial charge in [0, 0.05) is 0 Å². The van der Waals surface area contributed by atoms with Crippen molar-refractivity contribution in [2.24, 2.45) is 21.7 Å². The van der Waals surface area contributed by atoms with Crippen molar-refractivity contribution in [1.29, 1.82) is 0 Å². The van der Waals surface area contributed by atoms with Crippen LogP contribution in [0.3, 0.4) is 0 Å². The quantitative estimate of drug-likeness (QED) is 0.498. The summed E-state index contributed by atoms with van der Waals surface area (Å²) < 4.78 is 0. The molecule has 0 radical (unpaired) electrons. The summed E-state index contributed by atoms with van der Waals surface area (Å²) >= 11 is 0.